The number of ether oxygens (including phenoxy) is 1. The predicted molar refractivity (Wildman–Crippen MR) is 80.2 cm³/mol. The first-order valence-corrected chi connectivity index (χ1v) is 6.64. The van der Waals surface area contributed by atoms with E-state index in [9.17, 15) is 0 Å². The fourth-order valence-electron chi connectivity index (χ4n) is 1.97. The molecular formula is C15H15Cl2NO. The van der Waals surface area contributed by atoms with Crippen molar-refractivity contribution in [3.05, 3.63) is 63.1 Å². The number of benzene rings is 2. The van der Waals surface area contributed by atoms with Crippen LogP contribution in [0.4, 0.5) is 0 Å². The number of hydrogen-bond acceptors (Lipinski definition) is 2. The highest BCUT2D eigenvalue weighted by molar-refractivity contribution is 6.42. The first-order valence-electron chi connectivity index (χ1n) is 5.88. The molecule has 2 nitrogen and oxygen atoms in total. The second-order valence-electron chi connectivity index (χ2n) is 4.35. The van der Waals surface area contributed by atoms with Gasteiger partial charge in [0.15, 0.2) is 0 Å². The maximum Gasteiger partial charge on any atom is 0.122 e. The number of methoxy groups -OCH3 is 1. The van der Waals surface area contributed by atoms with E-state index in [0.717, 1.165) is 22.4 Å². The minimum atomic E-state index is -0.333. The molecule has 0 aliphatic rings. The van der Waals surface area contributed by atoms with E-state index in [-0.39, 0.29) is 6.04 Å². The Morgan fingerprint density at radius 1 is 1.16 bits per heavy atom. The lowest BCUT2D eigenvalue weighted by atomic mass is 9.98. The molecule has 0 saturated carbocycles. The smallest absolute Gasteiger partial charge is 0.122 e. The van der Waals surface area contributed by atoms with Gasteiger partial charge in [0.05, 0.1) is 23.2 Å². The fraction of sp³-hybridized carbons (Fsp3) is 0.200. The maximum atomic E-state index is 6.26. The van der Waals surface area contributed by atoms with Crippen LogP contribution in [0.5, 0.6) is 5.75 Å². The van der Waals surface area contributed by atoms with Crippen LogP contribution in [0, 0.1) is 6.92 Å². The zero-order valence-electron chi connectivity index (χ0n) is 10.8. The summed E-state index contributed by atoms with van der Waals surface area (Å²) in [5.41, 5.74) is 9.07. The van der Waals surface area contributed by atoms with Crippen LogP contribution < -0.4 is 10.5 Å². The van der Waals surface area contributed by atoms with Crippen LogP contribution in [0.2, 0.25) is 10.0 Å². The van der Waals surface area contributed by atoms with Crippen LogP contribution >= 0.6 is 23.2 Å². The summed E-state index contributed by atoms with van der Waals surface area (Å²) in [6.07, 6.45) is 0. The Balaban J connectivity index is 2.44. The first kappa shape index (κ1) is 14.2. The highest BCUT2D eigenvalue weighted by Gasteiger charge is 2.15. The van der Waals surface area contributed by atoms with Crippen LogP contribution in [0.1, 0.15) is 22.7 Å². The molecule has 1 atom stereocenters. The van der Waals surface area contributed by atoms with E-state index in [1.807, 2.05) is 37.3 Å². The lowest BCUT2D eigenvalue weighted by molar-refractivity contribution is 0.411. The maximum absolute atomic E-state index is 6.26. The van der Waals surface area contributed by atoms with Crippen molar-refractivity contribution in [3.8, 4) is 5.75 Å². The monoisotopic (exact) mass is 295 g/mol. The molecule has 0 aromatic heterocycles. The van der Waals surface area contributed by atoms with Gasteiger partial charge in [-0.25, -0.2) is 0 Å². The van der Waals surface area contributed by atoms with Gasteiger partial charge in [0.1, 0.15) is 5.75 Å². The number of halogens is 2. The molecule has 0 saturated heterocycles. The topological polar surface area (TPSA) is 35.2 Å². The van der Waals surface area contributed by atoms with Crippen molar-refractivity contribution in [1.82, 2.24) is 0 Å². The normalized spacial score (nSPS) is 12.3. The third-order valence-electron chi connectivity index (χ3n) is 3.11. The lowest BCUT2D eigenvalue weighted by Crippen LogP contribution is -2.12. The van der Waals surface area contributed by atoms with E-state index >= 15 is 0 Å². The summed E-state index contributed by atoms with van der Waals surface area (Å²) in [6.45, 7) is 1.99. The number of rotatable bonds is 3. The van der Waals surface area contributed by atoms with Crippen molar-refractivity contribution in [3.63, 3.8) is 0 Å². The Bertz CT molecular complexity index is 599. The van der Waals surface area contributed by atoms with E-state index in [1.54, 1.807) is 13.2 Å². The molecule has 0 amide bonds. The minimum Gasteiger partial charge on any atom is -0.496 e. The average Bonchev–Trinajstić information content (AvgIpc) is 2.41. The van der Waals surface area contributed by atoms with Crippen molar-refractivity contribution in [2.24, 2.45) is 5.73 Å². The Kier molecular flexibility index (Phi) is 4.35. The summed E-state index contributed by atoms with van der Waals surface area (Å²) in [5.74, 6) is 0.811. The summed E-state index contributed by atoms with van der Waals surface area (Å²) in [6, 6.07) is 11.0. The van der Waals surface area contributed by atoms with Gasteiger partial charge in [-0.15, -0.1) is 0 Å². The molecule has 0 aliphatic heterocycles. The van der Waals surface area contributed by atoms with Gasteiger partial charge in [0.25, 0.3) is 0 Å². The Labute approximate surface area is 123 Å². The SMILES string of the molecule is COc1cc(C(N)c2cccc(Cl)c2Cl)ccc1C. The number of hydrogen-bond donors (Lipinski definition) is 1. The molecule has 2 aromatic rings. The highest BCUT2D eigenvalue weighted by Crippen LogP contribution is 2.33. The third kappa shape index (κ3) is 2.86. The van der Waals surface area contributed by atoms with Gasteiger partial charge in [0, 0.05) is 0 Å². The van der Waals surface area contributed by atoms with Crippen molar-refractivity contribution in [2.75, 3.05) is 7.11 Å². The molecule has 0 spiro atoms. The predicted octanol–water partition coefficient (Wildman–Crippen LogP) is 4.36. The summed E-state index contributed by atoms with van der Waals surface area (Å²) in [4.78, 5) is 0. The Hall–Kier alpha value is -1.22. The minimum absolute atomic E-state index is 0.333. The fourth-order valence-corrected chi connectivity index (χ4v) is 2.40. The molecule has 0 heterocycles. The van der Waals surface area contributed by atoms with Crippen LogP contribution in [0.15, 0.2) is 36.4 Å². The van der Waals surface area contributed by atoms with E-state index in [4.69, 9.17) is 33.7 Å². The van der Waals surface area contributed by atoms with E-state index in [2.05, 4.69) is 0 Å². The van der Waals surface area contributed by atoms with Crippen LogP contribution in [0.25, 0.3) is 0 Å². The van der Waals surface area contributed by atoms with E-state index < -0.39 is 0 Å². The van der Waals surface area contributed by atoms with Crippen molar-refractivity contribution in [2.45, 2.75) is 13.0 Å². The van der Waals surface area contributed by atoms with Gasteiger partial charge in [0.2, 0.25) is 0 Å². The van der Waals surface area contributed by atoms with E-state index in [1.165, 1.54) is 0 Å². The summed E-state index contributed by atoms with van der Waals surface area (Å²) in [5, 5.41) is 1.00. The zero-order chi connectivity index (χ0) is 14.0. The molecule has 2 aromatic carbocycles. The zero-order valence-corrected chi connectivity index (χ0v) is 12.3. The standard InChI is InChI=1S/C15H15Cl2NO/c1-9-6-7-10(8-13(9)19-2)15(18)11-4-3-5-12(16)14(11)17/h3-8,15H,18H2,1-2H3. The average molecular weight is 296 g/mol. The van der Waals surface area contributed by atoms with Gasteiger partial charge >= 0.3 is 0 Å². The Morgan fingerprint density at radius 3 is 2.58 bits per heavy atom. The highest BCUT2D eigenvalue weighted by atomic mass is 35.5. The molecule has 0 bridgehead atoms. The second kappa shape index (κ2) is 5.83. The lowest BCUT2D eigenvalue weighted by Gasteiger charge is -2.16. The van der Waals surface area contributed by atoms with Crippen LogP contribution in [-0.2, 0) is 0 Å². The summed E-state index contributed by atoms with van der Waals surface area (Å²) >= 11 is 12.2. The van der Waals surface area contributed by atoms with Gasteiger partial charge in [-0.3, -0.25) is 0 Å². The molecule has 0 radical (unpaired) electrons. The van der Waals surface area contributed by atoms with Gasteiger partial charge in [-0.2, -0.15) is 0 Å². The molecular weight excluding hydrogens is 281 g/mol. The van der Waals surface area contributed by atoms with Crippen LogP contribution in [-0.4, -0.2) is 7.11 Å². The largest absolute Gasteiger partial charge is 0.496 e. The van der Waals surface area contributed by atoms with Gasteiger partial charge in [-0.05, 0) is 35.7 Å². The molecule has 100 valence electrons. The van der Waals surface area contributed by atoms with Gasteiger partial charge < -0.3 is 10.5 Å². The number of aryl methyl sites for hydroxylation is 1. The van der Waals surface area contributed by atoms with Crippen molar-refractivity contribution < 1.29 is 4.74 Å². The number of nitrogens with two attached hydrogens (primary N) is 1. The van der Waals surface area contributed by atoms with Crippen molar-refractivity contribution >= 4 is 23.2 Å². The second-order valence-corrected chi connectivity index (χ2v) is 5.13. The molecule has 0 fully saturated rings. The van der Waals surface area contributed by atoms with Gasteiger partial charge in [-0.1, -0.05) is 47.5 Å². The Morgan fingerprint density at radius 2 is 1.89 bits per heavy atom. The quantitative estimate of drug-likeness (QED) is 0.913. The molecule has 0 aliphatic carbocycles. The van der Waals surface area contributed by atoms with E-state index in [0.29, 0.717) is 10.0 Å². The molecule has 1 unspecified atom stereocenters. The third-order valence-corrected chi connectivity index (χ3v) is 3.94. The van der Waals surface area contributed by atoms with Crippen molar-refractivity contribution in [1.29, 1.82) is 0 Å². The summed E-state index contributed by atoms with van der Waals surface area (Å²) in [7, 11) is 1.64. The molecule has 4 heteroatoms. The molecule has 2 rings (SSSR count). The van der Waals surface area contributed by atoms with Crippen LogP contribution in [0.3, 0.4) is 0 Å². The molecule has 2 N–H and O–H groups in total. The summed E-state index contributed by atoms with van der Waals surface area (Å²) < 4.78 is 5.31. The molecule has 19 heavy (non-hydrogen) atoms. The first-order chi connectivity index (χ1) is 9.04.